The summed E-state index contributed by atoms with van der Waals surface area (Å²) in [5.74, 6) is 0. The van der Waals surface area contributed by atoms with E-state index >= 15 is 0 Å². The maximum atomic E-state index is 4.18. The van der Waals surface area contributed by atoms with Crippen molar-refractivity contribution in [2.75, 3.05) is 0 Å². The number of aromatic nitrogens is 2. The van der Waals surface area contributed by atoms with Gasteiger partial charge in [0.1, 0.15) is 0 Å². The van der Waals surface area contributed by atoms with Crippen LogP contribution in [0.5, 0.6) is 0 Å². The molecule has 2 aromatic heterocycles. The van der Waals surface area contributed by atoms with Crippen LogP contribution in [0.15, 0.2) is 54.9 Å². The van der Waals surface area contributed by atoms with E-state index < -0.39 is 0 Å². The molecule has 0 aliphatic carbocycles. The lowest BCUT2D eigenvalue weighted by atomic mass is 10.1. The molecule has 3 aromatic rings. The second-order valence-electron chi connectivity index (χ2n) is 6.64. The lowest BCUT2D eigenvalue weighted by Gasteiger charge is -1.96. The van der Waals surface area contributed by atoms with E-state index in [0.717, 1.165) is 5.52 Å². The highest BCUT2D eigenvalue weighted by atomic mass is 14.7. The third-order valence-electron chi connectivity index (χ3n) is 4.43. The highest BCUT2D eigenvalue weighted by Crippen LogP contribution is 2.11. The molecule has 2 heteroatoms. The molecule has 2 nitrogen and oxygen atoms in total. The number of rotatable bonds is 8. The summed E-state index contributed by atoms with van der Waals surface area (Å²) >= 11 is 0. The molecule has 25 heavy (non-hydrogen) atoms. The van der Waals surface area contributed by atoms with Gasteiger partial charge in [-0.2, -0.15) is 0 Å². The molecule has 0 amide bonds. The Balaban J connectivity index is 0.000000194. The predicted octanol–water partition coefficient (Wildman–Crippen LogP) is 6.71. The SMILES string of the molecule is CCCCCc1c[nH]c(CCCCC)c1.c1ccc2ncccc2c1. The Hall–Kier alpha value is -2.09. The first-order chi connectivity index (χ1) is 12.3. The van der Waals surface area contributed by atoms with Crippen LogP contribution in [0, 0.1) is 0 Å². The van der Waals surface area contributed by atoms with E-state index in [0.29, 0.717) is 0 Å². The Labute approximate surface area is 152 Å². The molecular weight excluding hydrogens is 304 g/mol. The molecule has 0 fully saturated rings. The minimum absolute atomic E-state index is 1.06. The zero-order chi connectivity index (χ0) is 17.7. The van der Waals surface area contributed by atoms with Crippen LogP contribution in [0.25, 0.3) is 10.9 Å². The van der Waals surface area contributed by atoms with Crippen LogP contribution >= 0.6 is 0 Å². The van der Waals surface area contributed by atoms with Crippen molar-refractivity contribution in [3.63, 3.8) is 0 Å². The number of pyridine rings is 1. The summed E-state index contributed by atoms with van der Waals surface area (Å²) in [7, 11) is 0. The van der Waals surface area contributed by atoms with E-state index in [9.17, 15) is 0 Å². The van der Waals surface area contributed by atoms with Gasteiger partial charge in [-0.3, -0.25) is 4.98 Å². The maximum absolute atomic E-state index is 4.18. The fourth-order valence-electron chi connectivity index (χ4n) is 2.94. The van der Waals surface area contributed by atoms with Crippen LogP contribution < -0.4 is 0 Å². The van der Waals surface area contributed by atoms with Gasteiger partial charge in [-0.1, -0.05) is 63.8 Å². The Kier molecular flexibility index (Phi) is 8.82. The van der Waals surface area contributed by atoms with E-state index in [1.54, 1.807) is 0 Å². The van der Waals surface area contributed by atoms with Crippen LogP contribution in [0.4, 0.5) is 0 Å². The molecule has 0 atom stereocenters. The van der Waals surface area contributed by atoms with E-state index in [4.69, 9.17) is 0 Å². The fourth-order valence-corrected chi connectivity index (χ4v) is 2.94. The molecule has 3 rings (SSSR count). The van der Waals surface area contributed by atoms with Crippen molar-refractivity contribution in [3.8, 4) is 0 Å². The van der Waals surface area contributed by atoms with Gasteiger partial charge in [0.15, 0.2) is 0 Å². The standard InChI is InChI=1S/C14H25N.C9H7N/c1-3-5-7-9-13-11-14(15-12-13)10-8-6-4-2;1-2-6-9-8(4-1)5-3-7-10-9/h11-12,15H,3-10H2,1-2H3;1-7H. The molecular formula is C23H32N2. The van der Waals surface area contributed by atoms with Crippen molar-refractivity contribution < 1.29 is 0 Å². The van der Waals surface area contributed by atoms with Crippen LogP contribution in [0.1, 0.15) is 63.6 Å². The summed E-state index contributed by atoms with van der Waals surface area (Å²) in [6.07, 6.45) is 14.5. The lowest BCUT2D eigenvalue weighted by molar-refractivity contribution is 0.708. The molecule has 0 aliphatic heterocycles. The molecule has 0 aliphatic rings. The molecule has 2 heterocycles. The maximum Gasteiger partial charge on any atom is 0.0701 e. The summed E-state index contributed by atoms with van der Waals surface area (Å²) in [5, 5.41) is 1.20. The topological polar surface area (TPSA) is 28.7 Å². The summed E-state index contributed by atoms with van der Waals surface area (Å²) in [6, 6.07) is 14.4. The number of hydrogen-bond donors (Lipinski definition) is 1. The summed E-state index contributed by atoms with van der Waals surface area (Å²) in [6.45, 7) is 4.51. The number of unbranched alkanes of at least 4 members (excludes halogenated alkanes) is 4. The van der Waals surface area contributed by atoms with Crippen molar-refractivity contribution >= 4 is 10.9 Å². The third kappa shape index (κ3) is 7.13. The van der Waals surface area contributed by atoms with Crippen LogP contribution in [-0.4, -0.2) is 9.97 Å². The van der Waals surface area contributed by atoms with Crippen molar-refractivity contribution in [1.82, 2.24) is 9.97 Å². The molecule has 0 bridgehead atoms. The van der Waals surface area contributed by atoms with Gasteiger partial charge in [-0.25, -0.2) is 0 Å². The lowest BCUT2D eigenvalue weighted by Crippen LogP contribution is -1.84. The molecule has 0 unspecified atom stereocenters. The fraction of sp³-hybridized carbons (Fsp3) is 0.435. The summed E-state index contributed by atoms with van der Waals surface area (Å²) < 4.78 is 0. The molecule has 1 aromatic carbocycles. The van der Waals surface area contributed by atoms with Crippen molar-refractivity contribution in [1.29, 1.82) is 0 Å². The predicted molar refractivity (Wildman–Crippen MR) is 109 cm³/mol. The van der Waals surface area contributed by atoms with Gasteiger partial charge >= 0.3 is 0 Å². The Morgan fingerprint density at radius 3 is 2.32 bits per heavy atom. The second-order valence-corrected chi connectivity index (χ2v) is 6.64. The first-order valence-corrected chi connectivity index (χ1v) is 9.79. The quantitative estimate of drug-likeness (QED) is 0.455. The second kappa shape index (κ2) is 11.5. The van der Waals surface area contributed by atoms with E-state index in [1.165, 1.54) is 68.0 Å². The zero-order valence-corrected chi connectivity index (χ0v) is 15.8. The Morgan fingerprint density at radius 2 is 1.56 bits per heavy atom. The van der Waals surface area contributed by atoms with Gasteiger partial charge in [0.2, 0.25) is 0 Å². The highest BCUT2D eigenvalue weighted by Gasteiger charge is 1.98. The minimum atomic E-state index is 1.06. The smallest absolute Gasteiger partial charge is 0.0701 e. The summed E-state index contributed by atoms with van der Waals surface area (Å²) in [5.41, 5.74) is 3.98. The van der Waals surface area contributed by atoms with Gasteiger partial charge in [0.05, 0.1) is 5.52 Å². The molecule has 0 saturated carbocycles. The van der Waals surface area contributed by atoms with Crippen LogP contribution in [0.2, 0.25) is 0 Å². The Morgan fingerprint density at radius 1 is 0.840 bits per heavy atom. The average Bonchev–Trinajstić information content (AvgIpc) is 3.11. The molecule has 0 saturated heterocycles. The molecule has 0 spiro atoms. The number of aryl methyl sites for hydroxylation is 2. The number of H-pyrrole nitrogens is 1. The van der Waals surface area contributed by atoms with Crippen molar-refractivity contribution in [2.45, 2.75) is 65.2 Å². The highest BCUT2D eigenvalue weighted by molar-refractivity contribution is 5.77. The number of nitrogens with one attached hydrogen (secondary N) is 1. The molecule has 1 N–H and O–H groups in total. The monoisotopic (exact) mass is 336 g/mol. The number of hydrogen-bond acceptors (Lipinski definition) is 1. The van der Waals surface area contributed by atoms with E-state index in [1.807, 2.05) is 30.5 Å². The minimum Gasteiger partial charge on any atom is -0.365 e. The van der Waals surface area contributed by atoms with Gasteiger partial charge in [0, 0.05) is 23.5 Å². The van der Waals surface area contributed by atoms with Crippen molar-refractivity contribution in [2.24, 2.45) is 0 Å². The normalized spacial score (nSPS) is 10.5. The average molecular weight is 337 g/mol. The molecule has 0 radical (unpaired) electrons. The van der Waals surface area contributed by atoms with Crippen LogP contribution in [0.3, 0.4) is 0 Å². The van der Waals surface area contributed by atoms with Gasteiger partial charge in [-0.05, 0) is 49.4 Å². The number of benzene rings is 1. The van der Waals surface area contributed by atoms with Gasteiger partial charge in [0.25, 0.3) is 0 Å². The largest absolute Gasteiger partial charge is 0.365 e. The number of para-hydroxylation sites is 1. The number of aromatic amines is 1. The number of nitrogens with zero attached hydrogens (tertiary/aromatic N) is 1. The van der Waals surface area contributed by atoms with Gasteiger partial charge < -0.3 is 4.98 Å². The van der Waals surface area contributed by atoms with Gasteiger partial charge in [-0.15, -0.1) is 0 Å². The summed E-state index contributed by atoms with van der Waals surface area (Å²) in [4.78, 5) is 7.57. The number of fused-ring (bicyclic) bond motifs is 1. The van der Waals surface area contributed by atoms with Crippen LogP contribution in [-0.2, 0) is 12.8 Å². The zero-order valence-electron chi connectivity index (χ0n) is 15.8. The van der Waals surface area contributed by atoms with E-state index in [2.05, 4.69) is 48.2 Å². The first-order valence-electron chi connectivity index (χ1n) is 9.79. The third-order valence-corrected chi connectivity index (χ3v) is 4.43. The Bertz CT molecular complexity index is 625. The molecule has 134 valence electrons. The first kappa shape index (κ1) is 19.2. The van der Waals surface area contributed by atoms with E-state index in [-0.39, 0.29) is 0 Å². The van der Waals surface area contributed by atoms with Crippen molar-refractivity contribution in [3.05, 3.63) is 66.1 Å².